The fraction of sp³-hybridized carbons (Fsp3) is 0.714. The average Bonchev–Trinajstić information content (AvgIpc) is 1.84. The van der Waals surface area contributed by atoms with Gasteiger partial charge in [-0.05, 0) is 18.0 Å². The maximum Gasteiger partial charge on any atom is 0.254 e. The van der Waals surface area contributed by atoms with E-state index in [9.17, 15) is 0 Å². The molecule has 0 N–H and O–H groups in total. The number of halogens is 2. The topological polar surface area (TPSA) is 0 Å². The van der Waals surface area contributed by atoms with Gasteiger partial charge < -0.3 is 0 Å². The van der Waals surface area contributed by atoms with Crippen LogP contribution in [-0.4, -0.2) is 6.69 Å². The van der Waals surface area contributed by atoms with E-state index >= 15 is 0 Å². The molecule has 0 aliphatic rings. The molecule has 0 fully saturated rings. The third-order valence-electron chi connectivity index (χ3n) is 1.53. The number of allylic oxidation sites excluding steroid dienone is 1. The summed E-state index contributed by atoms with van der Waals surface area (Å²) in [4.78, 5) is 0. The van der Waals surface area contributed by atoms with E-state index in [1.54, 1.807) is 0 Å². The molecule has 3 heteroatoms. The van der Waals surface area contributed by atoms with Crippen LogP contribution in [0, 0.1) is 0 Å². The monoisotopic (exact) mass is 196 g/mol. The van der Waals surface area contributed by atoms with E-state index in [4.69, 9.17) is 22.2 Å². The molecule has 0 atom stereocenters. The molecule has 0 aliphatic carbocycles. The van der Waals surface area contributed by atoms with E-state index in [0.717, 1.165) is 12.5 Å². The molecule has 0 aromatic rings. The van der Waals surface area contributed by atoms with Crippen LogP contribution in [0.3, 0.4) is 0 Å². The Morgan fingerprint density at radius 1 is 1.50 bits per heavy atom. The highest BCUT2D eigenvalue weighted by Crippen LogP contribution is 2.33. The lowest BCUT2D eigenvalue weighted by Crippen LogP contribution is -2.22. The smallest absolute Gasteiger partial charge is 0.146 e. The second-order valence-corrected chi connectivity index (χ2v) is 10.5. The van der Waals surface area contributed by atoms with Gasteiger partial charge in [0, 0.05) is 0 Å². The van der Waals surface area contributed by atoms with E-state index in [0.29, 0.717) is 5.54 Å². The summed E-state index contributed by atoms with van der Waals surface area (Å²) in [7, 11) is 0. The van der Waals surface area contributed by atoms with Gasteiger partial charge in [-0.25, -0.2) is 0 Å². The minimum absolute atomic E-state index is 0.441. The highest BCUT2D eigenvalue weighted by Gasteiger charge is 2.31. The van der Waals surface area contributed by atoms with Crippen molar-refractivity contribution in [1.29, 1.82) is 0 Å². The summed E-state index contributed by atoms with van der Waals surface area (Å²) in [5.74, 6) is 0. The van der Waals surface area contributed by atoms with Crippen molar-refractivity contribution in [2.24, 2.45) is 0 Å². The van der Waals surface area contributed by atoms with Crippen molar-refractivity contribution in [3.63, 3.8) is 0 Å². The van der Waals surface area contributed by atoms with Crippen molar-refractivity contribution >= 4 is 28.9 Å². The molecule has 0 saturated heterocycles. The summed E-state index contributed by atoms with van der Waals surface area (Å²) in [5.41, 5.74) is 0.441. The van der Waals surface area contributed by atoms with Gasteiger partial charge in [0.15, 0.2) is 0 Å². The van der Waals surface area contributed by atoms with Gasteiger partial charge in [-0.1, -0.05) is 19.9 Å². The van der Waals surface area contributed by atoms with Gasteiger partial charge in [0.05, 0.1) is 0 Å². The third kappa shape index (κ3) is 3.64. The quantitative estimate of drug-likeness (QED) is 0.364. The fourth-order valence-corrected chi connectivity index (χ4v) is 2.40. The third-order valence-corrected chi connectivity index (χ3v) is 7.92. The standard InChI is InChI=1S/C7H14Cl2Si/c1-4-5-6-10(8,9)7(2)3/h4,7H,1,5-6H2,2-3H3. The van der Waals surface area contributed by atoms with Crippen LogP contribution >= 0.6 is 22.2 Å². The van der Waals surface area contributed by atoms with Gasteiger partial charge in [-0.15, -0.1) is 28.7 Å². The molecule has 0 aliphatic heterocycles. The molecule has 0 radical (unpaired) electrons. The first-order chi connectivity index (χ1) is 4.50. The molecule has 0 saturated carbocycles. The van der Waals surface area contributed by atoms with Crippen molar-refractivity contribution in [2.45, 2.75) is 31.9 Å². The largest absolute Gasteiger partial charge is 0.254 e. The number of hydrogen-bond donors (Lipinski definition) is 0. The summed E-state index contributed by atoms with van der Waals surface area (Å²) >= 11 is 12.2. The van der Waals surface area contributed by atoms with Gasteiger partial charge in [-0.3, -0.25) is 0 Å². The lowest BCUT2D eigenvalue weighted by Gasteiger charge is -2.19. The normalized spacial score (nSPS) is 12.1. The van der Waals surface area contributed by atoms with Crippen LogP contribution in [0.25, 0.3) is 0 Å². The maximum absolute atomic E-state index is 6.11. The van der Waals surface area contributed by atoms with Gasteiger partial charge in [0.2, 0.25) is 0 Å². The molecule has 60 valence electrons. The number of hydrogen-bond acceptors (Lipinski definition) is 0. The van der Waals surface area contributed by atoms with Gasteiger partial charge in [0.25, 0.3) is 6.69 Å². The summed E-state index contributed by atoms with van der Waals surface area (Å²) in [6, 6.07) is 0.928. The Morgan fingerprint density at radius 3 is 2.30 bits per heavy atom. The molecule has 0 rings (SSSR count). The molecule has 0 aromatic carbocycles. The zero-order valence-electron chi connectivity index (χ0n) is 6.53. The summed E-state index contributed by atoms with van der Waals surface area (Å²) in [6.45, 7) is 5.86. The minimum Gasteiger partial charge on any atom is -0.146 e. The second-order valence-electron chi connectivity index (χ2n) is 2.74. The number of rotatable bonds is 4. The Morgan fingerprint density at radius 2 is 2.00 bits per heavy atom. The molecule has 0 bridgehead atoms. The van der Waals surface area contributed by atoms with Crippen LogP contribution in [0.5, 0.6) is 0 Å². The highest BCUT2D eigenvalue weighted by atomic mass is 35.7. The van der Waals surface area contributed by atoms with Crippen LogP contribution in [0.4, 0.5) is 0 Å². The first kappa shape index (κ1) is 10.5. The van der Waals surface area contributed by atoms with Crippen LogP contribution in [0.2, 0.25) is 11.6 Å². The van der Waals surface area contributed by atoms with E-state index in [1.807, 2.05) is 6.08 Å². The molecule has 0 nitrogen and oxygen atoms in total. The average molecular weight is 197 g/mol. The van der Waals surface area contributed by atoms with Crippen molar-refractivity contribution < 1.29 is 0 Å². The van der Waals surface area contributed by atoms with Crippen molar-refractivity contribution in [2.75, 3.05) is 0 Å². The Bertz CT molecular complexity index is 110. The zero-order valence-corrected chi connectivity index (χ0v) is 9.04. The van der Waals surface area contributed by atoms with Gasteiger partial charge >= 0.3 is 0 Å². The predicted molar refractivity (Wildman–Crippen MR) is 52.2 cm³/mol. The van der Waals surface area contributed by atoms with E-state index in [-0.39, 0.29) is 0 Å². The maximum atomic E-state index is 6.11. The van der Waals surface area contributed by atoms with E-state index < -0.39 is 6.69 Å². The molecule has 0 heterocycles. The summed E-state index contributed by atoms with van der Waals surface area (Å²) < 4.78 is 0. The van der Waals surface area contributed by atoms with Crippen molar-refractivity contribution in [1.82, 2.24) is 0 Å². The SMILES string of the molecule is C=CCC[Si](Cl)(Cl)C(C)C. The zero-order chi connectivity index (χ0) is 8.20. The van der Waals surface area contributed by atoms with Gasteiger partial charge in [-0.2, -0.15) is 0 Å². The Balaban J connectivity index is 3.74. The predicted octanol–water partition coefficient (Wildman–Crippen LogP) is 3.89. The molecule has 0 amide bonds. The van der Waals surface area contributed by atoms with Crippen LogP contribution < -0.4 is 0 Å². The van der Waals surface area contributed by atoms with Crippen LogP contribution in [0.1, 0.15) is 20.3 Å². The Kier molecular flexibility index (Phi) is 4.66. The highest BCUT2D eigenvalue weighted by molar-refractivity contribution is 7.45. The van der Waals surface area contributed by atoms with E-state index in [1.165, 1.54) is 0 Å². The molecular weight excluding hydrogens is 183 g/mol. The van der Waals surface area contributed by atoms with Crippen molar-refractivity contribution in [3.05, 3.63) is 12.7 Å². The molecule has 0 unspecified atom stereocenters. The molecule has 0 spiro atoms. The van der Waals surface area contributed by atoms with Crippen molar-refractivity contribution in [3.8, 4) is 0 Å². The molecular formula is C7H14Cl2Si. The first-order valence-corrected chi connectivity index (χ1v) is 7.80. The van der Waals surface area contributed by atoms with Crippen LogP contribution in [0.15, 0.2) is 12.7 Å². The minimum atomic E-state index is -1.93. The Hall–Kier alpha value is 0.537. The first-order valence-electron chi connectivity index (χ1n) is 3.49. The molecule has 10 heavy (non-hydrogen) atoms. The fourth-order valence-electron chi connectivity index (χ4n) is 0.583. The second kappa shape index (κ2) is 4.42. The summed E-state index contributed by atoms with van der Waals surface area (Å²) in [5, 5.41) is 0. The van der Waals surface area contributed by atoms with Gasteiger partial charge in [0.1, 0.15) is 0 Å². The van der Waals surface area contributed by atoms with E-state index in [2.05, 4.69) is 20.4 Å². The summed E-state index contributed by atoms with van der Waals surface area (Å²) in [6.07, 6.45) is 2.81. The Labute approximate surface area is 73.6 Å². The lowest BCUT2D eigenvalue weighted by molar-refractivity contribution is 1.01. The lowest BCUT2D eigenvalue weighted by atomic mass is 10.5. The molecule has 0 aromatic heterocycles. The van der Waals surface area contributed by atoms with Crippen LogP contribution in [-0.2, 0) is 0 Å².